The normalized spacial score (nSPS) is 14.6. The summed E-state index contributed by atoms with van der Waals surface area (Å²) in [5.74, 6) is -0.939. The van der Waals surface area contributed by atoms with Gasteiger partial charge in [-0.3, -0.25) is 14.4 Å². The van der Waals surface area contributed by atoms with Crippen molar-refractivity contribution in [3.8, 4) is 0 Å². The quantitative estimate of drug-likeness (QED) is 0.863. The van der Waals surface area contributed by atoms with Crippen LogP contribution in [0.3, 0.4) is 0 Å². The number of amides is 3. The van der Waals surface area contributed by atoms with Gasteiger partial charge < -0.3 is 16.0 Å². The molecule has 6 nitrogen and oxygen atoms in total. The summed E-state index contributed by atoms with van der Waals surface area (Å²) in [5.41, 5.74) is 6.29. The Morgan fingerprint density at radius 3 is 2.55 bits per heavy atom. The van der Waals surface area contributed by atoms with E-state index in [9.17, 15) is 14.4 Å². The predicted octanol–water partition coefficient (Wildman–Crippen LogP) is 1.52. The van der Waals surface area contributed by atoms with Gasteiger partial charge in [0, 0.05) is 24.2 Å². The van der Waals surface area contributed by atoms with Gasteiger partial charge in [0.2, 0.25) is 11.8 Å². The number of hydrogen-bond donors (Lipinski definition) is 2. The van der Waals surface area contributed by atoms with E-state index in [0.29, 0.717) is 11.3 Å². The second-order valence-electron chi connectivity index (χ2n) is 5.60. The fourth-order valence-corrected chi connectivity index (χ4v) is 2.85. The third-order valence-corrected chi connectivity index (χ3v) is 3.78. The number of rotatable bonds is 5. The molecule has 0 saturated heterocycles. The number of hydrogen-bond acceptors (Lipinski definition) is 3. The van der Waals surface area contributed by atoms with Crippen molar-refractivity contribution in [1.82, 2.24) is 4.90 Å². The van der Waals surface area contributed by atoms with Crippen LogP contribution in [0.1, 0.15) is 43.0 Å². The third-order valence-electron chi connectivity index (χ3n) is 3.78. The highest BCUT2D eigenvalue weighted by Gasteiger charge is 2.28. The zero-order valence-corrected chi connectivity index (χ0v) is 12.7. The van der Waals surface area contributed by atoms with E-state index in [1.165, 1.54) is 6.92 Å². The Labute approximate surface area is 129 Å². The average Bonchev–Trinajstić information content (AvgIpc) is 2.97. The Bertz CT molecular complexity index is 580. The minimum absolute atomic E-state index is 0.0597. The Balaban J connectivity index is 2.21. The van der Waals surface area contributed by atoms with E-state index in [4.69, 9.17) is 5.73 Å². The minimum Gasteiger partial charge on any atom is -0.368 e. The fraction of sp³-hybridized carbons (Fsp3) is 0.438. The van der Waals surface area contributed by atoms with E-state index in [2.05, 4.69) is 5.32 Å². The molecule has 2 rings (SSSR count). The lowest BCUT2D eigenvalue weighted by Crippen LogP contribution is -2.44. The summed E-state index contributed by atoms with van der Waals surface area (Å²) in [6.45, 7) is 1.33. The second kappa shape index (κ2) is 7.06. The molecule has 0 radical (unpaired) electrons. The Hall–Kier alpha value is -2.37. The SMILES string of the molecule is CC(=O)Nc1cccc(C(=O)N(CC(N)=O)C2CCCC2)c1. The molecule has 1 fully saturated rings. The maximum absolute atomic E-state index is 12.7. The van der Waals surface area contributed by atoms with Gasteiger partial charge >= 0.3 is 0 Å². The monoisotopic (exact) mass is 303 g/mol. The molecule has 0 aromatic heterocycles. The van der Waals surface area contributed by atoms with Gasteiger partial charge in [0.15, 0.2) is 0 Å². The molecule has 0 heterocycles. The molecule has 3 amide bonds. The average molecular weight is 303 g/mol. The highest BCUT2D eigenvalue weighted by atomic mass is 16.2. The summed E-state index contributed by atoms with van der Waals surface area (Å²) < 4.78 is 0. The molecule has 3 N–H and O–H groups in total. The van der Waals surface area contributed by atoms with Crippen molar-refractivity contribution in [2.24, 2.45) is 5.73 Å². The summed E-state index contributed by atoms with van der Waals surface area (Å²) in [6.07, 6.45) is 3.90. The van der Waals surface area contributed by atoms with Crippen LogP contribution in [0, 0.1) is 0 Å². The lowest BCUT2D eigenvalue weighted by molar-refractivity contribution is -0.119. The van der Waals surface area contributed by atoms with E-state index in [1.54, 1.807) is 29.2 Å². The van der Waals surface area contributed by atoms with Crippen LogP contribution in [0.5, 0.6) is 0 Å². The van der Waals surface area contributed by atoms with Crippen molar-refractivity contribution in [2.75, 3.05) is 11.9 Å². The summed E-state index contributed by atoms with van der Waals surface area (Å²) in [7, 11) is 0. The standard InChI is InChI=1S/C16H21N3O3/c1-11(20)18-13-6-4-5-12(9-13)16(22)19(10-15(17)21)14-7-2-3-8-14/h4-6,9,14H,2-3,7-8,10H2,1H3,(H2,17,21)(H,18,20). The van der Waals surface area contributed by atoms with Crippen LogP contribution in [0.15, 0.2) is 24.3 Å². The molecule has 0 spiro atoms. The smallest absolute Gasteiger partial charge is 0.254 e. The molecule has 22 heavy (non-hydrogen) atoms. The number of nitrogens with one attached hydrogen (secondary N) is 1. The first-order valence-corrected chi connectivity index (χ1v) is 7.44. The predicted molar refractivity (Wildman–Crippen MR) is 83.2 cm³/mol. The number of carbonyl (C=O) groups excluding carboxylic acids is 3. The number of primary amides is 1. The first-order valence-electron chi connectivity index (χ1n) is 7.44. The Kier molecular flexibility index (Phi) is 5.14. The van der Waals surface area contributed by atoms with Crippen molar-refractivity contribution in [1.29, 1.82) is 0 Å². The van der Waals surface area contributed by atoms with Gasteiger partial charge in [-0.05, 0) is 31.0 Å². The number of anilines is 1. The maximum atomic E-state index is 12.7. The van der Waals surface area contributed by atoms with Crippen molar-refractivity contribution in [2.45, 2.75) is 38.6 Å². The second-order valence-corrected chi connectivity index (χ2v) is 5.60. The molecule has 1 aromatic rings. The topological polar surface area (TPSA) is 92.5 Å². The van der Waals surface area contributed by atoms with Crippen LogP contribution in [-0.4, -0.2) is 35.2 Å². The lowest BCUT2D eigenvalue weighted by Gasteiger charge is -2.28. The van der Waals surface area contributed by atoms with Crippen LogP contribution in [0.4, 0.5) is 5.69 Å². The molecule has 6 heteroatoms. The van der Waals surface area contributed by atoms with E-state index in [-0.39, 0.29) is 24.4 Å². The molecule has 1 saturated carbocycles. The zero-order chi connectivity index (χ0) is 16.1. The number of carbonyl (C=O) groups is 3. The molecule has 118 valence electrons. The summed E-state index contributed by atoms with van der Waals surface area (Å²) >= 11 is 0. The Morgan fingerprint density at radius 1 is 1.27 bits per heavy atom. The third kappa shape index (κ3) is 4.07. The molecular weight excluding hydrogens is 282 g/mol. The molecule has 1 aliphatic carbocycles. The maximum Gasteiger partial charge on any atom is 0.254 e. The van der Waals surface area contributed by atoms with Crippen LogP contribution < -0.4 is 11.1 Å². The highest BCUT2D eigenvalue weighted by molar-refractivity contribution is 5.98. The van der Waals surface area contributed by atoms with Gasteiger partial charge in [0.05, 0.1) is 6.54 Å². The van der Waals surface area contributed by atoms with Gasteiger partial charge in [0.25, 0.3) is 5.91 Å². The van der Waals surface area contributed by atoms with E-state index in [1.807, 2.05) is 0 Å². The first-order chi connectivity index (χ1) is 10.5. The fourth-order valence-electron chi connectivity index (χ4n) is 2.85. The number of nitrogens with zero attached hydrogens (tertiary/aromatic N) is 1. The van der Waals surface area contributed by atoms with E-state index in [0.717, 1.165) is 25.7 Å². The van der Waals surface area contributed by atoms with Crippen molar-refractivity contribution in [3.05, 3.63) is 29.8 Å². The van der Waals surface area contributed by atoms with Gasteiger partial charge in [-0.2, -0.15) is 0 Å². The summed E-state index contributed by atoms with van der Waals surface area (Å²) in [5, 5.41) is 2.65. The minimum atomic E-state index is -0.515. The molecule has 0 atom stereocenters. The van der Waals surface area contributed by atoms with Crippen LogP contribution in [0.2, 0.25) is 0 Å². The lowest BCUT2D eigenvalue weighted by atomic mass is 10.1. The van der Waals surface area contributed by atoms with Crippen LogP contribution >= 0.6 is 0 Å². The van der Waals surface area contributed by atoms with Crippen molar-refractivity contribution < 1.29 is 14.4 Å². The highest BCUT2D eigenvalue weighted by Crippen LogP contribution is 2.25. The summed E-state index contributed by atoms with van der Waals surface area (Å²) in [6, 6.07) is 6.77. The van der Waals surface area contributed by atoms with Gasteiger partial charge in [-0.25, -0.2) is 0 Å². The molecule has 1 aliphatic rings. The zero-order valence-electron chi connectivity index (χ0n) is 12.7. The van der Waals surface area contributed by atoms with Crippen LogP contribution in [0.25, 0.3) is 0 Å². The van der Waals surface area contributed by atoms with Gasteiger partial charge in [0.1, 0.15) is 0 Å². The number of benzene rings is 1. The number of nitrogens with two attached hydrogens (primary N) is 1. The first kappa shape index (κ1) is 16.0. The molecule has 0 bridgehead atoms. The summed E-state index contributed by atoms with van der Waals surface area (Å²) in [4.78, 5) is 36.7. The van der Waals surface area contributed by atoms with E-state index < -0.39 is 5.91 Å². The Morgan fingerprint density at radius 2 is 1.95 bits per heavy atom. The molecular formula is C16H21N3O3. The largest absolute Gasteiger partial charge is 0.368 e. The van der Waals surface area contributed by atoms with Crippen LogP contribution in [-0.2, 0) is 9.59 Å². The molecule has 0 aliphatic heterocycles. The molecule has 1 aromatic carbocycles. The van der Waals surface area contributed by atoms with Gasteiger partial charge in [-0.15, -0.1) is 0 Å². The molecule has 0 unspecified atom stereocenters. The van der Waals surface area contributed by atoms with Gasteiger partial charge in [-0.1, -0.05) is 18.9 Å². The van der Waals surface area contributed by atoms with Crippen molar-refractivity contribution >= 4 is 23.4 Å². The van der Waals surface area contributed by atoms with E-state index >= 15 is 0 Å². The van der Waals surface area contributed by atoms with Crippen molar-refractivity contribution in [3.63, 3.8) is 0 Å².